The predicted molar refractivity (Wildman–Crippen MR) is 118 cm³/mol. The van der Waals surface area contributed by atoms with Gasteiger partial charge in [0.15, 0.2) is 0 Å². The Bertz CT molecular complexity index is 971. The molecule has 0 atom stereocenters. The fourth-order valence-electron chi connectivity index (χ4n) is 2.93. The summed E-state index contributed by atoms with van der Waals surface area (Å²) in [4.78, 5) is 28.4. The molecule has 156 valence electrons. The number of benzene rings is 2. The van der Waals surface area contributed by atoms with E-state index in [9.17, 15) is 9.59 Å². The topological polar surface area (TPSA) is 67.9 Å². The Balaban J connectivity index is 1.73. The minimum absolute atomic E-state index is 0.128. The number of anilines is 1. The first-order chi connectivity index (χ1) is 14.6. The summed E-state index contributed by atoms with van der Waals surface area (Å²) in [6.07, 6.45) is 0. The van der Waals surface area contributed by atoms with E-state index < -0.39 is 0 Å². The zero-order chi connectivity index (χ0) is 21.3. The molecule has 30 heavy (non-hydrogen) atoms. The molecule has 0 spiro atoms. The van der Waals surface area contributed by atoms with Crippen LogP contribution in [0, 0.1) is 0 Å². The normalized spacial score (nSPS) is 10.3. The maximum absolute atomic E-state index is 13.0. The van der Waals surface area contributed by atoms with Crippen molar-refractivity contribution >= 4 is 28.8 Å². The molecule has 0 saturated carbocycles. The quantitative estimate of drug-likeness (QED) is 0.561. The van der Waals surface area contributed by atoms with Gasteiger partial charge in [0, 0.05) is 10.6 Å². The molecule has 0 bridgehead atoms. The van der Waals surface area contributed by atoms with Gasteiger partial charge >= 0.3 is 0 Å². The van der Waals surface area contributed by atoms with E-state index in [1.165, 1.54) is 0 Å². The van der Waals surface area contributed by atoms with E-state index in [0.29, 0.717) is 30.2 Å². The summed E-state index contributed by atoms with van der Waals surface area (Å²) in [5.74, 6) is 0.646. The van der Waals surface area contributed by atoms with E-state index in [2.05, 4.69) is 5.32 Å². The number of amides is 2. The van der Waals surface area contributed by atoms with E-state index in [0.717, 1.165) is 10.6 Å². The minimum Gasteiger partial charge on any atom is -0.497 e. The van der Waals surface area contributed by atoms with Crippen molar-refractivity contribution in [1.82, 2.24) is 5.32 Å². The third-order valence-electron chi connectivity index (χ3n) is 4.41. The lowest BCUT2D eigenvalue weighted by Gasteiger charge is -2.23. The van der Waals surface area contributed by atoms with Crippen LogP contribution in [0.4, 0.5) is 5.69 Å². The second-order valence-corrected chi connectivity index (χ2v) is 7.40. The van der Waals surface area contributed by atoms with Crippen LogP contribution >= 0.6 is 11.3 Å². The number of methoxy groups -OCH3 is 1. The highest BCUT2D eigenvalue weighted by Crippen LogP contribution is 2.23. The van der Waals surface area contributed by atoms with Crippen molar-refractivity contribution in [2.75, 3.05) is 25.2 Å². The molecule has 0 fully saturated rings. The number of carbonyl (C=O) groups is 2. The van der Waals surface area contributed by atoms with Crippen molar-refractivity contribution in [1.29, 1.82) is 0 Å². The van der Waals surface area contributed by atoms with Crippen LogP contribution in [0.1, 0.15) is 22.2 Å². The average Bonchev–Trinajstić information content (AvgIpc) is 3.30. The zero-order valence-corrected chi connectivity index (χ0v) is 17.8. The Morgan fingerprint density at radius 1 is 1.03 bits per heavy atom. The summed E-state index contributed by atoms with van der Waals surface area (Å²) in [5.41, 5.74) is 1.14. The highest BCUT2D eigenvalue weighted by Gasteiger charge is 2.19. The zero-order valence-electron chi connectivity index (χ0n) is 17.0. The standard InChI is InChI=1S/C23H24N2O4S/c1-3-29-21-9-5-4-8-20(21)23(27)24-15-22(26)25(16-19-7-6-14-30-19)17-10-12-18(28-2)13-11-17/h4-14H,3,15-16H2,1-2H3,(H,24,27). The summed E-state index contributed by atoms with van der Waals surface area (Å²) in [6.45, 7) is 2.61. The van der Waals surface area contributed by atoms with E-state index in [4.69, 9.17) is 9.47 Å². The second-order valence-electron chi connectivity index (χ2n) is 6.37. The Kier molecular flexibility index (Phi) is 7.45. The molecule has 0 unspecified atom stereocenters. The molecule has 0 aliphatic heterocycles. The van der Waals surface area contributed by atoms with Gasteiger partial charge in [-0.2, -0.15) is 0 Å². The number of rotatable bonds is 9. The van der Waals surface area contributed by atoms with Crippen LogP contribution in [0.25, 0.3) is 0 Å². The van der Waals surface area contributed by atoms with Gasteiger partial charge in [-0.05, 0) is 54.8 Å². The average molecular weight is 425 g/mol. The Morgan fingerprint density at radius 2 is 1.80 bits per heavy atom. The lowest BCUT2D eigenvalue weighted by Crippen LogP contribution is -2.40. The first kappa shape index (κ1) is 21.4. The number of hydrogen-bond donors (Lipinski definition) is 1. The number of hydrogen-bond acceptors (Lipinski definition) is 5. The molecule has 0 aliphatic carbocycles. The maximum atomic E-state index is 13.0. The van der Waals surface area contributed by atoms with Crippen LogP contribution in [0.3, 0.4) is 0 Å². The number of nitrogens with zero attached hydrogens (tertiary/aromatic N) is 1. The van der Waals surface area contributed by atoms with Crippen LogP contribution < -0.4 is 19.7 Å². The summed E-state index contributed by atoms with van der Waals surface area (Å²) in [6, 6.07) is 18.2. The van der Waals surface area contributed by atoms with Crippen LogP contribution in [0.2, 0.25) is 0 Å². The van der Waals surface area contributed by atoms with Gasteiger partial charge in [0.1, 0.15) is 11.5 Å². The second kappa shape index (κ2) is 10.5. The Morgan fingerprint density at radius 3 is 2.47 bits per heavy atom. The highest BCUT2D eigenvalue weighted by molar-refractivity contribution is 7.09. The van der Waals surface area contributed by atoms with Crippen molar-refractivity contribution in [3.05, 3.63) is 76.5 Å². The highest BCUT2D eigenvalue weighted by atomic mass is 32.1. The molecule has 3 rings (SSSR count). The molecule has 0 aliphatic rings. The first-order valence-corrected chi connectivity index (χ1v) is 10.5. The molecule has 2 amide bonds. The summed E-state index contributed by atoms with van der Waals surface area (Å²) < 4.78 is 10.7. The summed E-state index contributed by atoms with van der Waals surface area (Å²) in [5, 5.41) is 4.69. The lowest BCUT2D eigenvalue weighted by atomic mass is 10.2. The molecule has 1 heterocycles. The van der Waals surface area contributed by atoms with Crippen LogP contribution in [0.5, 0.6) is 11.5 Å². The monoisotopic (exact) mass is 424 g/mol. The molecule has 3 aromatic rings. The largest absolute Gasteiger partial charge is 0.497 e. The van der Waals surface area contributed by atoms with Crippen molar-refractivity contribution in [2.45, 2.75) is 13.5 Å². The van der Waals surface area contributed by atoms with Crippen LogP contribution in [-0.4, -0.2) is 32.1 Å². The van der Waals surface area contributed by atoms with Gasteiger partial charge in [-0.15, -0.1) is 11.3 Å². The fourth-order valence-corrected chi connectivity index (χ4v) is 3.62. The third-order valence-corrected chi connectivity index (χ3v) is 5.27. The van der Waals surface area contributed by atoms with Gasteiger partial charge in [-0.25, -0.2) is 0 Å². The molecule has 7 heteroatoms. The van der Waals surface area contributed by atoms with E-state index >= 15 is 0 Å². The molecule has 0 radical (unpaired) electrons. The fraction of sp³-hybridized carbons (Fsp3) is 0.217. The maximum Gasteiger partial charge on any atom is 0.255 e. The summed E-state index contributed by atoms with van der Waals surface area (Å²) in [7, 11) is 1.60. The number of ether oxygens (including phenoxy) is 2. The minimum atomic E-state index is -0.349. The lowest BCUT2D eigenvalue weighted by molar-refractivity contribution is -0.117. The third kappa shape index (κ3) is 5.39. The van der Waals surface area contributed by atoms with Crippen molar-refractivity contribution in [2.24, 2.45) is 0 Å². The van der Waals surface area contributed by atoms with E-state index in [-0.39, 0.29) is 18.4 Å². The molecular weight excluding hydrogens is 400 g/mol. The smallest absolute Gasteiger partial charge is 0.255 e. The predicted octanol–water partition coefficient (Wildman–Crippen LogP) is 4.12. The molecular formula is C23H24N2O4S. The molecule has 2 aromatic carbocycles. The molecule has 1 N–H and O–H groups in total. The van der Waals surface area contributed by atoms with Crippen molar-refractivity contribution < 1.29 is 19.1 Å². The molecule has 0 saturated heterocycles. The van der Waals surface area contributed by atoms with E-state index in [1.807, 2.05) is 36.6 Å². The SMILES string of the molecule is CCOc1ccccc1C(=O)NCC(=O)N(Cc1cccs1)c1ccc(OC)cc1. The van der Waals surface area contributed by atoms with Gasteiger partial charge in [-0.1, -0.05) is 18.2 Å². The Labute approximate surface area is 180 Å². The van der Waals surface area contributed by atoms with Crippen molar-refractivity contribution in [3.8, 4) is 11.5 Å². The van der Waals surface area contributed by atoms with E-state index in [1.54, 1.807) is 59.7 Å². The number of carbonyl (C=O) groups excluding carboxylic acids is 2. The van der Waals surface area contributed by atoms with Gasteiger partial charge < -0.3 is 19.7 Å². The number of nitrogens with one attached hydrogen (secondary N) is 1. The molecule has 6 nitrogen and oxygen atoms in total. The molecule has 1 aromatic heterocycles. The van der Waals surface area contributed by atoms with Gasteiger partial charge in [-0.3, -0.25) is 9.59 Å². The van der Waals surface area contributed by atoms with Crippen LogP contribution in [-0.2, 0) is 11.3 Å². The Hall–Kier alpha value is -3.32. The van der Waals surface area contributed by atoms with Crippen molar-refractivity contribution in [3.63, 3.8) is 0 Å². The first-order valence-electron chi connectivity index (χ1n) is 9.59. The van der Waals surface area contributed by atoms with Gasteiger partial charge in [0.2, 0.25) is 5.91 Å². The van der Waals surface area contributed by atoms with Gasteiger partial charge in [0.05, 0.1) is 32.4 Å². The van der Waals surface area contributed by atoms with Gasteiger partial charge in [0.25, 0.3) is 5.91 Å². The van der Waals surface area contributed by atoms with Crippen LogP contribution in [0.15, 0.2) is 66.0 Å². The number of thiophene rings is 1. The number of para-hydroxylation sites is 1. The summed E-state index contributed by atoms with van der Waals surface area (Å²) >= 11 is 1.58.